The number of ether oxygens (including phenoxy) is 1. The van der Waals surface area contributed by atoms with Gasteiger partial charge in [0.25, 0.3) is 0 Å². The number of para-hydroxylation sites is 1. The fourth-order valence-corrected chi connectivity index (χ4v) is 4.49. The SMILES string of the molecule is O=C(CC1CC1)N1CCC2(CC1)OCCN(c1ncccn1)c1ccccc12. The van der Waals surface area contributed by atoms with Crippen molar-refractivity contribution in [3.63, 3.8) is 0 Å². The zero-order valence-electron chi connectivity index (χ0n) is 16.1. The van der Waals surface area contributed by atoms with E-state index in [0.29, 0.717) is 30.9 Å². The average Bonchev–Trinajstić information content (AvgIpc) is 3.57. The van der Waals surface area contributed by atoms with Crippen LogP contribution in [0.3, 0.4) is 0 Å². The molecule has 0 radical (unpaired) electrons. The molecule has 0 N–H and O–H groups in total. The molecule has 2 aromatic rings. The van der Waals surface area contributed by atoms with E-state index < -0.39 is 0 Å². The molecular formula is C22H26N4O2. The minimum atomic E-state index is -0.337. The molecule has 0 atom stereocenters. The van der Waals surface area contributed by atoms with E-state index in [0.717, 1.165) is 38.0 Å². The van der Waals surface area contributed by atoms with Crippen LogP contribution in [-0.4, -0.2) is 47.0 Å². The van der Waals surface area contributed by atoms with Gasteiger partial charge in [0.1, 0.15) is 0 Å². The van der Waals surface area contributed by atoms with E-state index in [1.165, 1.54) is 18.4 Å². The zero-order chi connectivity index (χ0) is 19.0. The smallest absolute Gasteiger partial charge is 0.229 e. The Balaban J connectivity index is 1.41. The summed E-state index contributed by atoms with van der Waals surface area (Å²) >= 11 is 0. The molecule has 3 heterocycles. The third-order valence-electron chi connectivity index (χ3n) is 6.26. The molecule has 1 saturated carbocycles. The molecule has 3 aliphatic rings. The minimum absolute atomic E-state index is 0.318. The van der Waals surface area contributed by atoms with Gasteiger partial charge in [-0.1, -0.05) is 18.2 Å². The molecule has 1 amide bonds. The molecule has 146 valence electrons. The zero-order valence-corrected chi connectivity index (χ0v) is 16.1. The summed E-state index contributed by atoms with van der Waals surface area (Å²) in [5.41, 5.74) is 1.97. The highest BCUT2D eigenvalue weighted by molar-refractivity contribution is 5.77. The van der Waals surface area contributed by atoms with Crippen molar-refractivity contribution < 1.29 is 9.53 Å². The second-order valence-corrected chi connectivity index (χ2v) is 8.09. The number of anilines is 2. The molecule has 6 heteroatoms. The Labute approximate surface area is 165 Å². The Bertz CT molecular complexity index is 845. The summed E-state index contributed by atoms with van der Waals surface area (Å²) < 4.78 is 6.50. The van der Waals surface area contributed by atoms with E-state index in [2.05, 4.69) is 39.1 Å². The maximum absolute atomic E-state index is 12.5. The standard InChI is InChI=1S/C22H26N4O2/c27-20(16-17-6-7-17)25-12-8-22(9-13-25)18-4-1-2-5-19(18)26(14-15-28-22)21-23-10-3-11-24-21/h1-5,10-11,17H,6-9,12-16H2. The van der Waals surface area contributed by atoms with Gasteiger partial charge in [0.2, 0.25) is 11.9 Å². The number of hydrogen-bond acceptors (Lipinski definition) is 5. The average molecular weight is 378 g/mol. The van der Waals surface area contributed by atoms with Gasteiger partial charge in [-0.25, -0.2) is 9.97 Å². The molecule has 2 aliphatic heterocycles. The van der Waals surface area contributed by atoms with Crippen molar-refractivity contribution in [2.45, 2.75) is 37.7 Å². The molecule has 1 saturated heterocycles. The first-order valence-corrected chi connectivity index (χ1v) is 10.3. The van der Waals surface area contributed by atoms with Crippen molar-refractivity contribution in [3.05, 3.63) is 48.3 Å². The third kappa shape index (κ3) is 3.26. The Morgan fingerprint density at radius 3 is 2.57 bits per heavy atom. The Kier molecular flexibility index (Phi) is 4.51. The van der Waals surface area contributed by atoms with Crippen molar-refractivity contribution >= 4 is 17.5 Å². The van der Waals surface area contributed by atoms with Crippen molar-refractivity contribution in [3.8, 4) is 0 Å². The summed E-state index contributed by atoms with van der Waals surface area (Å²) in [5, 5.41) is 0. The Morgan fingerprint density at radius 1 is 1.07 bits per heavy atom. The largest absolute Gasteiger partial charge is 0.368 e. The van der Waals surface area contributed by atoms with Gasteiger partial charge in [-0.15, -0.1) is 0 Å². The molecule has 1 spiro atoms. The van der Waals surface area contributed by atoms with Crippen LogP contribution in [0.5, 0.6) is 0 Å². The van der Waals surface area contributed by atoms with Crippen LogP contribution in [0, 0.1) is 5.92 Å². The summed E-state index contributed by atoms with van der Waals surface area (Å²) in [4.78, 5) is 25.6. The van der Waals surface area contributed by atoms with Crippen LogP contribution in [-0.2, 0) is 15.1 Å². The van der Waals surface area contributed by atoms with Crippen LogP contribution in [0.2, 0.25) is 0 Å². The van der Waals surface area contributed by atoms with Gasteiger partial charge < -0.3 is 14.5 Å². The maximum atomic E-state index is 12.5. The van der Waals surface area contributed by atoms with Gasteiger partial charge in [-0.05, 0) is 43.7 Å². The van der Waals surface area contributed by atoms with Gasteiger partial charge in [0, 0.05) is 44.0 Å². The molecule has 5 rings (SSSR count). The van der Waals surface area contributed by atoms with E-state index in [9.17, 15) is 4.79 Å². The van der Waals surface area contributed by atoms with Crippen LogP contribution < -0.4 is 4.90 Å². The monoisotopic (exact) mass is 378 g/mol. The van der Waals surface area contributed by atoms with Crippen molar-refractivity contribution in [2.24, 2.45) is 5.92 Å². The van der Waals surface area contributed by atoms with E-state index in [-0.39, 0.29) is 5.60 Å². The highest BCUT2D eigenvalue weighted by Gasteiger charge is 2.42. The lowest BCUT2D eigenvalue weighted by molar-refractivity contribution is -0.139. The molecule has 1 aromatic carbocycles. The topological polar surface area (TPSA) is 58.6 Å². The second kappa shape index (κ2) is 7.17. The molecule has 0 bridgehead atoms. The predicted molar refractivity (Wildman–Crippen MR) is 106 cm³/mol. The first-order valence-electron chi connectivity index (χ1n) is 10.3. The Morgan fingerprint density at radius 2 is 1.82 bits per heavy atom. The van der Waals surface area contributed by atoms with Crippen molar-refractivity contribution in [1.82, 2.24) is 14.9 Å². The third-order valence-corrected chi connectivity index (χ3v) is 6.26. The van der Waals surface area contributed by atoms with Gasteiger partial charge in [0.05, 0.1) is 17.9 Å². The highest BCUT2D eigenvalue weighted by atomic mass is 16.5. The number of nitrogens with zero attached hydrogens (tertiary/aromatic N) is 4. The number of likely N-dealkylation sites (tertiary alicyclic amines) is 1. The summed E-state index contributed by atoms with van der Waals surface area (Å²) in [6, 6.07) is 10.3. The van der Waals surface area contributed by atoms with Crippen LogP contribution in [0.15, 0.2) is 42.7 Å². The lowest BCUT2D eigenvalue weighted by atomic mass is 9.83. The van der Waals surface area contributed by atoms with Gasteiger partial charge in [-0.3, -0.25) is 4.79 Å². The number of aromatic nitrogens is 2. The number of rotatable bonds is 3. The Hall–Kier alpha value is -2.47. The van der Waals surface area contributed by atoms with Crippen LogP contribution in [0.4, 0.5) is 11.6 Å². The lowest BCUT2D eigenvalue weighted by Gasteiger charge is -2.42. The predicted octanol–water partition coefficient (Wildman–Crippen LogP) is 3.26. The number of hydrogen-bond donors (Lipinski definition) is 0. The maximum Gasteiger partial charge on any atom is 0.229 e. The van der Waals surface area contributed by atoms with E-state index in [1.54, 1.807) is 12.4 Å². The van der Waals surface area contributed by atoms with Gasteiger partial charge in [-0.2, -0.15) is 0 Å². The first kappa shape index (κ1) is 17.6. The number of piperidine rings is 1. The van der Waals surface area contributed by atoms with E-state index in [4.69, 9.17) is 4.74 Å². The van der Waals surface area contributed by atoms with E-state index >= 15 is 0 Å². The van der Waals surface area contributed by atoms with Crippen LogP contribution in [0.25, 0.3) is 0 Å². The summed E-state index contributed by atoms with van der Waals surface area (Å²) in [6.45, 7) is 2.86. The first-order chi connectivity index (χ1) is 13.8. The van der Waals surface area contributed by atoms with Crippen LogP contribution >= 0.6 is 0 Å². The molecule has 28 heavy (non-hydrogen) atoms. The molecule has 1 aliphatic carbocycles. The quantitative estimate of drug-likeness (QED) is 0.820. The second-order valence-electron chi connectivity index (χ2n) is 8.09. The summed E-state index contributed by atoms with van der Waals surface area (Å²) in [6.07, 6.45) is 8.39. The van der Waals surface area contributed by atoms with Crippen molar-refractivity contribution in [1.29, 1.82) is 0 Å². The van der Waals surface area contributed by atoms with Crippen molar-refractivity contribution in [2.75, 3.05) is 31.1 Å². The number of benzene rings is 1. The molecule has 2 fully saturated rings. The lowest BCUT2D eigenvalue weighted by Crippen LogP contribution is -2.46. The fourth-order valence-electron chi connectivity index (χ4n) is 4.49. The normalized spacial score (nSPS) is 21.3. The highest BCUT2D eigenvalue weighted by Crippen LogP contribution is 2.44. The number of carbonyl (C=O) groups is 1. The molecule has 6 nitrogen and oxygen atoms in total. The van der Waals surface area contributed by atoms with E-state index in [1.807, 2.05) is 11.0 Å². The van der Waals surface area contributed by atoms with Gasteiger partial charge in [0.15, 0.2) is 0 Å². The summed E-state index contributed by atoms with van der Waals surface area (Å²) in [5.74, 6) is 1.66. The number of carbonyl (C=O) groups excluding carboxylic acids is 1. The fraction of sp³-hybridized carbons (Fsp3) is 0.500. The molecule has 0 unspecified atom stereocenters. The molecule has 1 aromatic heterocycles. The number of amides is 1. The van der Waals surface area contributed by atoms with Crippen LogP contribution in [0.1, 0.15) is 37.7 Å². The summed E-state index contributed by atoms with van der Waals surface area (Å²) in [7, 11) is 0. The number of fused-ring (bicyclic) bond motifs is 2. The van der Waals surface area contributed by atoms with Gasteiger partial charge >= 0.3 is 0 Å². The minimum Gasteiger partial charge on any atom is -0.368 e. The molecular weight excluding hydrogens is 352 g/mol.